The molecule has 0 unspecified atom stereocenters. The van der Waals surface area contributed by atoms with E-state index < -0.39 is 0 Å². The Bertz CT molecular complexity index is 260. The van der Waals surface area contributed by atoms with Crippen molar-refractivity contribution in [2.24, 2.45) is 5.73 Å². The lowest BCUT2D eigenvalue weighted by Crippen LogP contribution is -2.50. The van der Waals surface area contributed by atoms with Crippen molar-refractivity contribution in [3.05, 3.63) is 0 Å². The number of carbonyl (C=O) groups excluding carboxylic acids is 2. The van der Waals surface area contributed by atoms with Crippen molar-refractivity contribution >= 4 is 11.8 Å². The zero-order valence-electron chi connectivity index (χ0n) is 10.0. The summed E-state index contributed by atoms with van der Waals surface area (Å²) in [5, 5.41) is 2.88. The molecule has 1 rings (SSSR count). The zero-order valence-corrected chi connectivity index (χ0v) is 10.0. The molecular weight excluding hydrogens is 206 g/mol. The van der Waals surface area contributed by atoms with Gasteiger partial charge in [-0.15, -0.1) is 0 Å². The van der Waals surface area contributed by atoms with Crippen molar-refractivity contribution in [3.8, 4) is 0 Å². The van der Waals surface area contributed by atoms with E-state index in [0.29, 0.717) is 19.5 Å². The number of nitrogens with zero attached hydrogens (tertiary/aromatic N) is 1. The molecule has 0 saturated carbocycles. The van der Waals surface area contributed by atoms with Gasteiger partial charge in [0.2, 0.25) is 11.8 Å². The van der Waals surface area contributed by atoms with Gasteiger partial charge in [-0.3, -0.25) is 9.59 Å². The number of piperidine rings is 1. The second-order valence-corrected chi connectivity index (χ2v) is 4.31. The molecule has 1 saturated heterocycles. The average molecular weight is 227 g/mol. The predicted octanol–water partition coefficient (Wildman–Crippen LogP) is -0.149. The van der Waals surface area contributed by atoms with E-state index >= 15 is 0 Å². The first-order chi connectivity index (χ1) is 7.54. The number of hydrogen-bond acceptors (Lipinski definition) is 3. The lowest BCUT2D eigenvalue weighted by atomic mass is 10.0. The molecule has 0 spiro atoms. The third-order valence-electron chi connectivity index (χ3n) is 2.97. The van der Waals surface area contributed by atoms with Crippen LogP contribution in [0.2, 0.25) is 0 Å². The number of nitrogens with one attached hydrogen (secondary N) is 1. The number of carbonyl (C=O) groups is 2. The molecule has 92 valence electrons. The van der Waals surface area contributed by atoms with Crippen LogP contribution in [0.25, 0.3) is 0 Å². The molecule has 1 aliphatic rings. The molecule has 0 aromatic heterocycles. The van der Waals surface area contributed by atoms with Gasteiger partial charge in [-0.1, -0.05) is 6.92 Å². The van der Waals surface area contributed by atoms with Crippen LogP contribution in [-0.2, 0) is 9.59 Å². The van der Waals surface area contributed by atoms with Crippen molar-refractivity contribution in [2.45, 2.75) is 45.2 Å². The van der Waals surface area contributed by atoms with Crippen molar-refractivity contribution in [1.82, 2.24) is 10.2 Å². The molecular formula is C11H21N3O2. The van der Waals surface area contributed by atoms with E-state index in [9.17, 15) is 9.59 Å². The van der Waals surface area contributed by atoms with E-state index in [4.69, 9.17) is 5.73 Å². The first kappa shape index (κ1) is 13.0. The van der Waals surface area contributed by atoms with Gasteiger partial charge in [-0.25, -0.2) is 0 Å². The second-order valence-electron chi connectivity index (χ2n) is 4.31. The number of nitrogens with two attached hydrogens (primary N) is 1. The molecule has 0 bridgehead atoms. The van der Waals surface area contributed by atoms with Crippen molar-refractivity contribution in [2.75, 3.05) is 13.1 Å². The Morgan fingerprint density at radius 3 is 2.44 bits per heavy atom. The minimum atomic E-state index is -0.377. The van der Waals surface area contributed by atoms with Crippen LogP contribution in [0.1, 0.15) is 33.1 Å². The molecule has 1 heterocycles. The van der Waals surface area contributed by atoms with Gasteiger partial charge < -0.3 is 16.0 Å². The molecule has 16 heavy (non-hydrogen) atoms. The Balaban J connectivity index is 2.37. The smallest absolute Gasteiger partial charge is 0.239 e. The van der Waals surface area contributed by atoms with E-state index in [1.807, 2.05) is 6.92 Å². The van der Waals surface area contributed by atoms with E-state index in [0.717, 1.165) is 12.8 Å². The standard InChI is InChI=1S/C11H21N3O2/c1-3-10(12)11(16)14-6-4-9(5-7-14)13-8(2)15/h9-10H,3-7,12H2,1-2H3,(H,13,15)/t10-/m0/s1. The summed E-state index contributed by atoms with van der Waals surface area (Å²) in [4.78, 5) is 24.4. The van der Waals surface area contributed by atoms with Gasteiger partial charge in [0.1, 0.15) is 0 Å². The SMILES string of the molecule is CC[C@H](N)C(=O)N1CCC(NC(C)=O)CC1. The van der Waals surface area contributed by atoms with Crippen LogP contribution >= 0.6 is 0 Å². The highest BCUT2D eigenvalue weighted by atomic mass is 16.2. The summed E-state index contributed by atoms with van der Waals surface area (Å²) < 4.78 is 0. The van der Waals surface area contributed by atoms with Gasteiger partial charge in [-0.2, -0.15) is 0 Å². The monoisotopic (exact) mass is 227 g/mol. The second kappa shape index (κ2) is 5.84. The van der Waals surface area contributed by atoms with Gasteiger partial charge >= 0.3 is 0 Å². The molecule has 3 N–H and O–H groups in total. The fourth-order valence-electron chi connectivity index (χ4n) is 1.94. The molecule has 0 radical (unpaired) electrons. The topological polar surface area (TPSA) is 75.4 Å². The van der Waals surface area contributed by atoms with Crippen molar-refractivity contribution in [1.29, 1.82) is 0 Å². The Labute approximate surface area is 96.4 Å². The minimum Gasteiger partial charge on any atom is -0.353 e. The molecule has 0 aliphatic carbocycles. The molecule has 1 aliphatic heterocycles. The quantitative estimate of drug-likeness (QED) is 0.704. The van der Waals surface area contributed by atoms with Crippen LogP contribution in [0.3, 0.4) is 0 Å². The summed E-state index contributed by atoms with van der Waals surface area (Å²) in [5.74, 6) is 0.0267. The zero-order chi connectivity index (χ0) is 12.1. The van der Waals surface area contributed by atoms with E-state index in [1.54, 1.807) is 4.90 Å². The first-order valence-corrected chi connectivity index (χ1v) is 5.86. The largest absolute Gasteiger partial charge is 0.353 e. The summed E-state index contributed by atoms with van der Waals surface area (Å²) in [6, 6.07) is -0.170. The maximum Gasteiger partial charge on any atom is 0.239 e. The Hall–Kier alpha value is -1.10. The molecule has 5 nitrogen and oxygen atoms in total. The molecule has 2 amide bonds. The first-order valence-electron chi connectivity index (χ1n) is 5.86. The third-order valence-corrected chi connectivity index (χ3v) is 2.97. The highest BCUT2D eigenvalue weighted by Gasteiger charge is 2.25. The summed E-state index contributed by atoms with van der Waals surface area (Å²) in [6.07, 6.45) is 2.31. The van der Waals surface area contributed by atoms with E-state index in [1.165, 1.54) is 6.92 Å². The van der Waals surface area contributed by atoms with E-state index in [-0.39, 0.29) is 23.9 Å². The minimum absolute atomic E-state index is 0.00460. The molecule has 0 aromatic carbocycles. The third kappa shape index (κ3) is 3.48. The fraction of sp³-hybridized carbons (Fsp3) is 0.818. The highest BCUT2D eigenvalue weighted by molar-refractivity contribution is 5.81. The number of rotatable bonds is 3. The van der Waals surface area contributed by atoms with Gasteiger partial charge in [0.25, 0.3) is 0 Å². The Morgan fingerprint density at radius 1 is 1.44 bits per heavy atom. The summed E-state index contributed by atoms with van der Waals surface area (Å²) in [7, 11) is 0. The van der Waals surface area contributed by atoms with Crippen LogP contribution in [0.15, 0.2) is 0 Å². The van der Waals surface area contributed by atoms with Crippen LogP contribution < -0.4 is 11.1 Å². The summed E-state index contributed by atoms with van der Waals surface area (Å²) in [6.45, 7) is 4.81. The highest BCUT2D eigenvalue weighted by Crippen LogP contribution is 2.11. The van der Waals surface area contributed by atoms with Gasteiger partial charge in [0.15, 0.2) is 0 Å². The normalized spacial score (nSPS) is 19.3. The molecule has 1 fully saturated rings. The maximum absolute atomic E-state index is 11.8. The lowest BCUT2D eigenvalue weighted by molar-refractivity contribution is -0.133. The summed E-state index contributed by atoms with van der Waals surface area (Å²) in [5.41, 5.74) is 5.70. The van der Waals surface area contributed by atoms with Crippen LogP contribution in [-0.4, -0.2) is 41.9 Å². The number of likely N-dealkylation sites (tertiary alicyclic amines) is 1. The summed E-state index contributed by atoms with van der Waals surface area (Å²) >= 11 is 0. The van der Waals surface area contributed by atoms with Gasteiger partial charge in [0, 0.05) is 26.1 Å². The van der Waals surface area contributed by atoms with Crippen molar-refractivity contribution < 1.29 is 9.59 Å². The predicted molar refractivity (Wildman–Crippen MR) is 61.7 cm³/mol. The fourth-order valence-corrected chi connectivity index (χ4v) is 1.94. The molecule has 5 heteroatoms. The molecule has 1 atom stereocenters. The maximum atomic E-state index is 11.8. The number of amides is 2. The van der Waals surface area contributed by atoms with Crippen LogP contribution in [0, 0.1) is 0 Å². The lowest BCUT2D eigenvalue weighted by Gasteiger charge is -2.33. The van der Waals surface area contributed by atoms with E-state index in [2.05, 4.69) is 5.32 Å². The van der Waals surface area contributed by atoms with Crippen LogP contribution in [0.5, 0.6) is 0 Å². The van der Waals surface area contributed by atoms with Gasteiger partial charge in [-0.05, 0) is 19.3 Å². The Morgan fingerprint density at radius 2 is 2.00 bits per heavy atom. The average Bonchev–Trinajstić information content (AvgIpc) is 2.27. The number of hydrogen-bond donors (Lipinski definition) is 2. The van der Waals surface area contributed by atoms with Gasteiger partial charge in [0.05, 0.1) is 6.04 Å². The van der Waals surface area contributed by atoms with Crippen LogP contribution in [0.4, 0.5) is 0 Å². The van der Waals surface area contributed by atoms with Crippen molar-refractivity contribution in [3.63, 3.8) is 0 Å². The molecule has 0 aromatic rings. The Kier molecular flexibility index (Phi) is 4.73.